The molecule has 18 heavy (non-hydrogen) atoms. The Morgan fingerprint density at radius 2 is 2.28 bits per heavy atom. The number of nitrogens with zero attached hydrogens (tertiary/aromatic N) is 1. The van der Waals surface area contributed by atoms with Crippen molar-refractivity contribution in [3.05, 3.63) is 30.2 Å². The van der Waals surface area contributed by atoms with Crippen molar-refractivity contribution >= 4 is 17.0 Å². The van der Waals surface area contributed by atoms with Crippen molar-refractivity contribution in [2.24, 2.45) is 5.73 Å². The molecule has 0 fully saturated rings. The Labute approximate surface area is 105 Å². The highest BCUT2D eigenvalue weighted by molar-refractivity contribution is 5.88. The monoisotopic (exact) mass is 247 g/mol. The fourth-order valence-corrected chi connectivity index (χ4v) is 1.78. The molecule has 0 atom stereocenters. The third-order valence-corrected chi connectivity index (χ3v) is 3.05. The van der Waals surface area contributed by atoms with E-state index in [0.29, 0.717) is 18.7 Å². The van der Waals surface area contributed by atoms with Crippen LogP contribution in [0, 0.1) is 0 Å². The zero-order valence-electron chi connectivity index (χ0n) is 10.6. The molecule has 1 aromatic carbocycles. The maximum atomic E-state index is 12.1. The molecule has 5 nitrogen and oxygen atoms in total. The van der Waals surface area contributed by atoms with Crippen molar-refractivity contribution in [2.45, 2.75) is 19.3 Å². The third kappa shape index (κ3) is 2.22. The molecule has 5 heteroatoms. The summed E-state index contributed by atoms with van der Waals surface area (Å²) in [4.78, 5) is 16.1. The summed E-state index contributed by atoms with van der Waals surface area (Å²) in [5.41, 5.74) is 7.12. The molecule has 1 heterocycles. The number of carbonyl (C=O) groups excluding carboxylic acids is 1. The molecule has 0 aliphatic carbocycles. The highest BCUT2D eigenvalue weighted by Crippen LogP contribution is 2.26. The lowest BCUT2D eigenvalue weighted by atomic mass is 9.83. The van der Waals surface area contributed by atoms with Gasteiger partial charge in [0, 0.05) is 13.1 Å². The van der Waals surface area contributed by atoms with Gasteiger partial charge in [-0.15, -0.1) is 0 Å². The average Bonchev–Trinajstić information content (AvgIpc) is 2.82. The standard InChI is InChI=1S/C13H17N3O2/c1-13(2,12(17)15-6-5-14)9-3-4-10-11(7-9)18-8-16-10/h3-4,7-8H,5-6,14H2,1-2H3,(H,15,17). The second-order valence-corrected chi connectivity index (χ2v) is 4.70. The number of hydrogen-bond acceptors (Lipinski definition) is 4. The average molecular weight is 247 g/mol. The van der Waals surface area contributed by atoms with Crippen molar-refractivity contribution in [3.63, 3.8) is 0 Å². The predicted molar refractivity (Wildman–Crippen MR) is 69.1 cm³/mol. The smallest absolute Gasteiger partial charge is 0.230 e. The van der Waals surface area contributed by atoms with Gasteiger partial charge in [-0.2, -0.15) is 0 Å². The van der Waals surface area contributed by atoms with Gasteiger partial charge in [-0.3, -0.25) is 4.79 Å². The molecule has 2 aromatic rings. The quantitative estimate of drug-likeness (QED) is 0.850. The molecule has 1 amide bonds. The van der Waals surface area contributed by atoms with Crippen molar-refractivity contribution in [3.8, 4) is 0 Å². The second-order valence-electron chi connectivity index (χ2n) is 4.70. The SMILES string of the molecule is CC(C)(C(=O)NCCN)c1ccc2ncoc2c1. The van der Waals surface area contributed by atoms with Crippen LogP contribution in [0.1, 0.15) is 19.4 Å². The maximum absolute atomic E-state index is 12.1. The van der Waals surface area contributed by atoms with E-state index in [9.17, 15) is 4.79 Å². The first-order valence-electron chi connectivity index (χ1n) is 5.88. The fraction of sp³-hybridized carbons (Fsp3) is 0.385. The molecule has 3 N–H and O–H groups in total. The first-order chi connectivity index (χ1) is 8.55. The maximum Gasteiger partial charge on any atom is 0.230 e. The Kier molecular flexibility index (Phi) is 3.34. The van der Waals surface area contributed by atoms with E-state index in [1.54, 1.807) is 0 Å². The van der Waals surface area contributed by atoms with E-state index in [2.05, 4.69) is 10.3 Å². The molecule has 0 bridgehead atoms. The van der Waals surface area contributed by atoms with Crippen LogP contribution in [-0.2, 0) is 10.2 Å². The van der Waals surface area contributed by atoms with Gasteiger partial charge in [0.25, 0.3) is 0 Å². The van der Waals surface area contributed by atoms with Crippen molar-refractivity contribution in [1.29, 1.82) is 0 Å². The van der Waals surface area contributed by atoms with Crippen LogP contribution in [-0.4, -0.2) is 24.0 Å². The van der Waals surface area contributed by atoms with E-state index >= 15 is 0 Å². The van der Waals surface area contributed by atoms with Gasteiger partial charge < -0.3 is 15.5 Å². The summed E-state index contributed by atoms with van der Waals surface area (Å²) in [6.07, 6.45) is 1.40. The first kappa shape index (κ1) is 12.6. The zero-order chi connectivity index (χ0) is 13.2. The van der Waals surface area contributed by atoms with Crippen LogP contribution in [0.15, 0.2) is 29.0 Å². The number of amides is 1. The number of benzene rings is 1. The van der Waals surface area contributed by atoms with Gasteiger partial charge in [0.15, 0.2) is 12.0 Å². The van der Waals surface area contributed by atoms with Crippen LogP contribution in [0.3, 0.4) is 0 Å². The minimum absolute atomic E-state index is 0.0492. The van der Waals surface area contributed by atoms with Gasteiger partial charge in [-0.1, -0.05) is 6.07 Å². The Hall–Kier alpha value is -1.88. The minimum Gasteiger partial charge on any atom is -0.443 e. The van der Waals surface area contributed by atoms with E-state index in [-0.39, 0.29) is 5.91 Å². The van der Waals surface area contributed by atoms with Crippen LogP contribution in [0.25, 0.3) is 11.1 Å². The molecule has 2 rings (SSSR count). The highest BCUT2D eigenvalue weighted by atomic mass is 16.3. The molecule has 0 aliphatic rings. The lowest BCUT2D eigenvalue weighted by Crippen LogP contribution is -2.42. The molecule has 0 unspecified atom stereocenters. The topological polar surface area (TPSA) is 81.2 Å². The number of carbonyl (C=O) groups is 1. The van der Waals surface area contributed by atoms with E-state index in [1.807, 2.05) is 32.0 Å². The normalized spacial score (nSPS) is 11.7. The van der Waals surface area contributed by atoms with E-state index in [4.69, 9.17) is 10.2 Å². The Balaban J connectivity index is 2.30. The van der Waals surface area contributed by atoms with Crippen LogP contribution in [0.2, 0.25) is 0 Å². The Morgan fingerprint density at radius 1 is 1.50 bits per heavy atom. The molecule has 0 saturated heterocycles. The summed E-state index contributed by atoms with van der Waals surface area (Å²) in [6.45, 7) is 4.66. The largest absolute Gasteiger partial charge is 0.443 e. The molecular formula is C13H17N3O2. The van der Waals surface area contributed by atoms with Crippen LogP contribution >= 0.6 is 0 Å². The number of nitrogens with one attached hydrogen (secondary N) is 1. The molecule has 1 aromatic heterocycles. The number of rotatable bonds is 4. The van der Waals surface area contributed by atoms with E-state index in [0.717, 1.165) is 11.1 Å². The molecule has 0 saturated carbocycles. The molecule has 0 spiro atoms. The fourth-order valence-electron chi connectivity index (χ4n) is 1.78. The first-order valence-corrected chi connectivity index (χ1v) is 5.88. The second kappa shape index (κ2) is 4.78. The number of oxazole rings is 1. The Bertz CT molecular complexity index is 560. The summed E-state index contributed by atoms with van der Waals surface area (Å²) < 4.78 is 5.25. The van der Waals surface area contributed by atoms with Crippen LogP contribution in [0.4, 0.5) is 0 Å². The summed E-state index contributed by atoms with van der Waals surface area (Å²) in [6, 6.07) is 5.60. The number of nitrogens with two attached hydrogens (primary N) is 1. The van der Waals surface area contributed by atoms with E-state index in [1.165, 1.54) is 6.39 Å². The molecule has 0 aliphatic heterocycles. The van der Waals surface area contributed by atoms with Gasteiger partial charge >= 0.3 is 0 Å². The van der Waals surface area contributed by atoms with Gasteiger partial charge in [-0.25, -0.2) is 4.98 Å². The summed E-state index contributed by atoms with van der Waals surface area (Å²) in [5, 5.41) is 2.80. The zero-order valence-corrected chi connectivity index (χ0v) is 10.6. The molecule has 0 radical (unpaired) electrons. The predicted octanol–water partition coefficient (Wildman–Crippen LogP) is 1.18. The van der Waals surface area contributed by atoms with Gasteiger partial charge in [0.2, 0.25) is 5.91 Å². The van der Waals surface area contributed by atoms with E-state index < -0.39 is 5.41 Å². The van der Waals surface area contributed by atoms with Crippen molar-refractivity contribution in [1.82, 2.24) is 10.3 Å². The lowest BCUT2D eigenvalue weighted by molar-refractivity contribution is -0.125. The Morgan fingerprint density at radius 3 is 3.00 bits per heavy atom. The molecular weight excluding hydrogens is 230 g/mol. The number of aromatic nitrogens is 1. The van der Waals surface area contributed by atoms with Gasteiger partial charge in [0.1, 0.15) is 5.52 Å². The van der Waals surface area contributed by atoms with Gasteiger partial charge in [0.05, 0.1) is 5.41 Å². The lowest BCUT2D eigenvalue weighted by Gasteiger charge is -2.23. The van der Waals surface area contributed by atoms with Gasteiger partial charge in [-0.05, 0) is 31.5 Å². The number of hydrogen-bond donors (Lipinski definition) is 2. The molecule has 96 valence electrons. The summed E-state index contributed by atoms with van der Waals surface area (Å²) in [7, 11) is 0. The minimum atomic E-state index is -0.629. The van der Waals surface area contributed by atoms with Crippen LogP contribution in [0.5, 0.6) is 0 Å². The summed E-state index contributed by atoms with van der Waals surface area (Å²) in [5.74, 6) is -0.0492. The summed E-state index contributed by atoms with van der Waals surface area (Å²) >= 11 is 0. The highest BCUT2D eigenvalue weighted by Gasteiger charge is 2.29. The van der Waals surface area contributed by atoms with Crippen molar-refractivity contribution in [2.75, 3.05) is 13.1 Å². The van der Waals surface area contributed by atoms with Crippen LogP contribution < -0.4 is 11.1 Å². The number of fused-ring (bicyclic) bond motifs is 1. The third-order valence-electron chi connectivity index (χ3n) is 3.05. The van der Waals surface area contributed by atoms with Crippen molar-refractivity contribution < 1.29 is 9.21 Å².